The number of carboxylic acid groups (broad SMARTS) is 1. The zero-order valence-electron chi connectivity index (χ0n) is 10.1. The van der Waals surface area contributed by atoms with Gasteiger partial charge in [0.15, 0.2) is 0 Å². The second kappa shape index (κ2) is 7.26. The molecule has 6 nitrogen and oxygen atoms in total. The van der Waals surface area contributed by atoms with Crippen LogP contribution in [-0.2, 0) is 4.79 Å². The van der Waals surface area contributed by atoms with Crippen molar-refractivity contribution in [3.63, 3.8) is 0 Å². The third-order valence-corrected chi connectivity index (χ3v) is 2.42. The van der Waals surface area contributed by atoms with Gasteiger partial charge in [0.05, 0.1) is 0 Å². The maximum absolute atomic E-state index is 10.9. The van der Waals surface area contributed by atoms with Crippen LogP contribution in [0.3, 0.4) is 0 Å². The fourth-order valence-corrected chi connectivity index (χ4v) is 1.47. The van der Waals surface area contributed by atoms with E-state index in [2.05, 4.69) is 10.3 Å². The van der Waals surface area contributed by atoms with Crippen molar-refractivity contribution >= 4 is 17.7 Å². The van der Waals surface area contributed by atoms with Crippen LogP contribution in [0.2, 0.25) is 0 Å². The molecule has 98 valence electrons. The average Bonchev–Trinajstić information content (AvgIpc) is 2.33. The normalized spacial score (nSPS) is 10.0. The van der Waals surface area contributed by atoms with Crippen molar-refractivity contribution in [3.8, 4) is 0 Å². The van der Waals surface area contributed by atoms with Crippen LogP contribution in [0.25, 0.3) is 0 Å². The molecule has 0 spiro atoms. The molecule has 4 N–H and O–H groups in total. The molecule has 0 bridgehead atoms. The van der Waals surface area contributed by atoms with Gasteiger partial charge in [-0.3, -0.25) is 9.59 Å². The molecule has 18 heavy (non-hydrogen) atoms. The lowest BCUT2D eigenvalue weighted by molar-refractivity contribution is -0.137. The van der Waals surface area contributed by atoms with Gasteiger partial charge >= 0.3 is 5.97 Å². The third kappa shape index (κ3) is 5.29. The van der Waals surface area contributed by atoms with Crippen LogP contribution in [0.1, 0.15) is 36.0 Å². The van der Waals surface area contributed by atoms with Gasteiger partial charge in [0, 0.05) is 24.7 Å². The second-order valence-electron chi connectivity index (χ2n) is 3.93. The number of carbonyl (C=O) groups is 2. The van der Waals surface area contributed by atoms with Gasteiger partial charge in [-0.25, -0.2) is 4.98 Å². The highest BCUT2D eigenvalue weighted by Crippen LogP contribution is 2.07. The summed E-state index contributed by atoms with van der Waals surface area (Å²) in [6.07, 6.45) is 4.10. The van der Waals surface area contributed by atoms with E-state index in [1.54, 1.807) is 12.1 Å². The maximum atomic E-state index is 10.9. The summed E-state index contributed by atoms with van der Waals surface area (Å²) in [4.78, 5) is 25.3. The molecule has 1 aromatic rings. The summed E-state index contributed by atoms with van der Waals surface area (Å²) < 4.78 is 0. The molecule has 0 saturated carbocycles. The van der Waals surface area contributed by atoms with Crippen LogP contribution in [-0.4, -0.2) is 28.5 Å². The molecule has 0 saturated heterocycles. The van der Waals surface area contributed by atoms with Crippen LogP contribution in [0.15, 0.2) is 18.3 Å². The Balaban J connectivity index is 2.25. The van der Waals surface area contributed by atoms with Gasteiger partial charge in [0.1, 0.15) is 5.82 Å². The first-order valence-corrected chi connectivity index (χ1v) is 5.81. The predicted molar refractivity (Wildman–Crippen MR) is 67.3 cm³/mol. The van der Waals surface area contributed by atoms with Gasteiger partial charge in [-0.15, -0.1) is 0 Å². The number of pyridine rings is 1. The number of amides is 1. The Kier molecular flexibility index (Phi) is 5.63. The highest BCUT2D eigenvalue weighted by atomic mass is 16.4. The molecule has 1 rings (SSSR count). The summed E-state index contributed by atoms with van der Waals surface area (Å²) in [7, 11) is 0. The van der Waals surface area contributed by atoms with Gasteiger partial charge in [-0.2, -0.15) is 0 Å². The van der Waals surface area contributed by atoms with Crippen molar-refractivity contribution < 1.29 is 14.7 Å². The SMILES string of the molecule is NC(=O)c1ccnc(NCCCCCC(=O)O)c1. The Morgan fingerprint density at radius 3 is 2.78 bits per heavy atom. The molecule has 0 aromatic carbocycles. The minimum atomic E-state index is -0.765. The molecular weight excluding hydrogens is 234 g/mol. The first-order chi connectivity index (χ1) is 8.59. The quantitative estimate of drug-likeness (QED) is 0.603. The van der Waals surface area contributed by atoms with Gasteiger partial charge < -0.3 is 16.2 Å². The molecule has 0 fully saturated rings. The first kappa shape index (κ1) is 14.0. The van der Waals surface area contributed by atoms with E-state index in [1.807, 2.05) is 0 Å². The molecule has 1 amide bonds. The number of nitrogens with one attached hydrogen (secondary N) is 1. The third-order valence-electron chi connectivity index (χ3n) is 2.42. The smallest absolute Gasteiger partial charge is 0.303 e. The second-order valence-corrected chi connectivity index (χ2v) is 3.93. The topological polar surface area (TPSA) is 105 Å². The predicted octanol–water partition coefficient (Wildman–Crippen LogP) is 1.24. The van der Waals surface area contributed by atoms with E-state index in [0.29, 0.717) is 24.3 Å². The van der Waals surface area contributed by atoms with Gasteiger partial charge in [-0.05, 0) is 25.0 Å². The van der Waals surface area contributed by atoms with Crippen molar-refractivity contribution in [3.05, 3.63) is 23.9 Å². The Hall–Kier alpha value is -2.11. The van der Waals surface area contributed by atoms with Crippen molar-refractivity contribution in [2.45, 2.75) is 25.7 Å². The fourth-order valence-electron chi connectivity index (χ4n) is 1.47. The molecule has 1 heterocycles. The van der Waals surface area contributed by atoms with Gasteiger partial charge in [0.25, 0.3) is 0 Å². The minimum absolute atomic E-state index is 0.204. The lowest BCUT2D eigenvalue weighted by atomic mass is 10.2. The number of carbonyl (C=O) groups excluding carboxylic acids is 1. The summed E-state index contributed by atoms with van der Waals surface area (Å²) in [6, 6.07) is 3.15. The van der Waals surface area contributed by atoms with E-state index in [-0.39, 0.29) is 6.42 Å². The van der Waals surface area contributed by atoms with Gasteiger partial charge in [-0.1, -0.05) is 6.42 Å². The Morgan fingerprint density at radius 1 is 1.33 bits per heavy atom. The van der Waals surface area contributed by atoms with E-state index in [1.165, 1.54) is 6.20 Å². The van der Waals surface area contributed by atoms with E-state index in [9.17, 15) is 9.59 Å². The number of rotatable bonds is 8. The number of primary amides is 1. The van der Waals surface area contributed by atoms with Crippen LogP contribution in [0.4, 0.5) is 5.82 Å². The van der Waals surface area contributed by atoms with E-state index in [0.717, 1.165) is 12.8 Å². The van der Waals surface area contributed by atoms with Crippen LogP contribution in [0.5, 0.6) is 0 Å². The number of nitrogens with zero attached hydrogens (tertiary/aromatic N) is 1. The fraction of sp³-hybridized carbons (Fsp3) is 0.417. The molecule has 0 aliphatic heterocycles. The Morgan fingerprint density at radius 2 is 2.11 bits per heavy atom. The zero-order chi connectivity index (χ0) is 13.4. The van der Waals surface area contributed by atoms with Crippen LogP contribution >= 0.6 is 0 Å². The molecule has 6 heteroatoms. The van der Waals surface area contributed by atoms with E-state index >= 15 is 0 Å². The number of aliphatic carboxylic acids is 1. The molecule has 0 radical (unpaired) electrons. The van der Waals surface area contributed by atoms with E-state index < -0.39 is 11.9 Å². The van der Waals surface area contributed by atoms with E-state index in [4.69, 9.17) is 10.8 Å². The number of unbranched alkanes of at least 4 members (excludes halogenated alkanes) is 2. The number of nitrogens with two attached hydrogens (primary N) is 1. The Labute approximate surface area is 105 Å². The number of hydrogen-bond acceptors (Lipinski definition) is 4. The number of hydrogen-bond donors (Lipinski definition) is 3. The Bertz CT molecular complexity index is 421. The molecule has 0 unspecified atom stereocenters. The van der Waals surface area contributed by atoms with Crippen molar-refractivity contribution in [1.82, 2.24) is 4.98 Å². The summed E-state index contributed by atoms with van der Waals surface area (Å²) in [5.41, 5.74) is 5.57. The number of aromatic nitrogens is 1. The van der Waals surface area contributed by atoms with Crippen LogP contribution < -0.4 is 11.1 Å². The summed E-state index contributed by atoms with van der Waals surface area (Å²) in [6.45, 7) is 0.689. The lowest BCUT2D eigenvalue weighted by Crippen LogP contribution is -2.12. The van der Waals surface area contributed by atoms with Crippen LogP contribution in [0, 0.1) is 0 Å². The molecular formula is C12H17N3O3. The molecule has 0 aliphatic rings. The standard InChI is InChI=1S/C12H17N3O3/c13-12(18)9-5-7-15-10(8-9)14-6-3-1-2-4-11(16)17/h5,7-8H,1-4,6H2,(H2,13,18)(H,14,15)(H,16,17). The number of carboxylic acids is 1. The largest absolute Gasteiger partial charge is 0.481 e. The first-order valence-electron chi connectivity index (χ1n) is 5.81. The summed E-state index contributed by atoms with van der Waals surface area (Å²) in [5, 5.41) is 11.5. The van der Waals surface area contributed by atoms with Crippen molar-refractivity contribution in [1.29, 1.82) is 0 Å². The summed E-state index contributed by atoms with van der Waals surface area (Å²) in [5.74, 6) is -0.648. The molecule has 1 aromatic heterocycles. The monoisotopic (exact) mass is 251 g/mol. The minimum Gasteiger partial charge on any atom is -0.481 e. The van der Waals surface area contributed by atoms with Crippen molar-refractivity contribution in [2.24, 2.45) is 5.73 Å². The maximum Gasteiger partial charge on any atom is 0.303 e. The lowest BCUT2D eigenvalue weighted by Gasteiger charge is -2.05. The number of anilines is 1. The highest BCUT2D eigenvalue weighted by Gasteiger charge is 2.01. The highest BCUT2D eigenvalue weighted by molar-refractivity contribution is 5.93. The molecule has 0 aliphatic carbocycles. The van der Waals surface area contributed by atoms with Gasteiger partial charge in [0.2, 0.25) is 5.91 Å². The zero-order valence-corrected chi connectivity index (χ0v) is 10.1. The van der Waals surface area contributed by atoms with Crippen molar-refractivity contribution in [2.75, 3.05) is 11.9 Å². The molecule has 0 atom stereocenters. The summed E-state index contributed by atoms with van der Waals surface area (Å²) >= 11 is 0. The average molecular weight is 251 g/mol.